The molecule has 2 rings (SSSR count). The van der Waals surface area contributed by atoms with Crippen LogP contribution in [0.25, 0.3) is 10.8 Å². The van der Waals surface area contributed by atoms with Crippen LogP contribution in [0.5, 0.6) is 0 Å². The molecule has 2 aromatic rings. The van der Waals surface area contributed by atoms with Gasteiger partial charge in [0.05, 0.1) is 0 Å². The standard InChI is InChI=1S/C12H10O4S/c13-8-9-16-17(14,15)12-7-3-5-10-4-1-2-6-11(10)12/h1-8H,9H2. The molecule has 0 amide bonds. The molecular formula is C12H10O4S. The monoisotopic (exact) mass is 250 g/mol. The van der Waals surface area contributed by atoms with Gasteiger partial charge in [-0.3, -0.25) is 4.18 Å². The van der Waals surface area contributed by atoms with E-state index in [2.05, 4.69) is 4.18 Å². The maximum absolute atomic E-state index is 11.8. The lowest BCUT2D eigenvalue weighted by Gasteiger charge is -2.06. The van der Waals surface area contributed by atoms with E-state index in [9.17, 15) is 13.2 Å². The van der Waals surface area contributed by atoms with E-state index in [1.807, 2.05) is 18.2 Å². The van der Waals surface area contributed by atoms with Gasteiger partial charge in [0, 0.05) is 5.39 Å². The molecule has 17 heavy (non-hydrogen) atoms. The first-order valence-corrected chi connectivity index (χ1v) is 6.37. The molecular weight excluding hydrogens is 240 g/mol. The summed E-state index contributed by atoms with van der Waals surface area (Å²) in [7, 11) is -3.88. The molecule has 2 aromatic carbocycles. The predicted molar refractivity (Wildman–Crippen MR) is 63.1 cm³/mol. The molecule has 0 aliphatic carbocycles. The fourth-order valence-corrected chi connectivity index (χ4v) is 2.66. The maximum Gasteiger partial charge on any atom is 0.298 e. The molecule has 4 nitrogen and oxygen atoms in total. The maximum atomic E-state index is 11.8. The summed E-state index contributed by atoms with van der Waals surface area (Å²) in [6.45, 7) is -0.467. The Kier molecular flexibility index (Phi) is 3.21. The minimum Gasteiger partial charge on any atom is -0.301 e. The Morgan fingerprint density at radius 2 is 1.76 bits per heavy atom. The van der Waals surface area contributed by atoms with E-state index in [0.717, 1.165) is 5.39 Å². The predicted octanol–water partition coefficient (Wildman–Crippen LogP) is 1.74. The molecule has 0 aromatic heterocycles. The lowest BCUT2D eigenvalue weighted by molar-refractivity contribution is -0.109. The normalized spacial score (nSPS) is 11.5. The number of benzene rings is 2. The van der Waals surface area contributed by atoms with Crippen molar-refractivity contribution in [3.05, 3.63) is 42.5 Å². The van der Waals surface area contributed by atoms with E-state index in [0.29, 0.717) is 11.7 Å². The Bertz CT molecular complexity index is 641. The van der Waals surface area contributed by atoms with Gasteiger partial charge >= 0.3 is 0 Å². The molecule has 0 N–H and O–H groups in total. The van der Waals surface area contributed by atoms with Gasteiger partial charge < -0.3 is 4.79 Å². The van der Waals surface area contributed by atoms with Crippen LogP contribution in [0.2, 0.25) is 0 Å². The van der Waals surface area contributed by atoms with E-state index in [1.54, 1.807) is 18.2 Å². The van der Waals surface area contributed by atoms with Gasteiger partial charge in [0.2, 0.25) is 0 Å². The third kappa shape index (κ3) is 2.35. The third-order valence-electron chi connectivity index (χ3n) is 2.31. The van der Waals surface area contributed by atoms with Crippen molar-refractivity contribution in [2.75, 3.05) is 6.61 Å². The van der Waals surface area contributed by atoms with Gasteiger partial charge in [-0.25, -0.2) is 0 Å². The quantitative estimate of drug-likeness (QED) is 0.612. The second-order valence-electron chi connectivity index (χ2n) is 3.38. The van der Waals surface area contributed by atoms with Crippen LogP contribution in [0.15, 0.2) is 47.4 Å². The zero-order chi connectivity index (χ0) is 12.3. The largest absolute Gasteiger partial charge is 0.301 e. The SMILES string of the molecule is O=CCOS(=O)(=O)c1cccc2ccccc12. The van der Waals surface area contributed by atoms with Crippen molar-refractivity contribution < 1.29 is 17.4 Å². The summed E-state index contributed by atoms with van der Waals surface area (Å²) in [5, 5.41) is 1.39. The molecule has 0 saturated heterocycles. The summed E-state index contributed by atoms with van der Waals surface area (Å²) >= 11 is 0. The Morgan fingerprint density at radius 3 is 2.53 bits per heavy atom. The summed E-state index contributed by atoms with van der Waals surface area (Å²) in [6, 6.07) is 12.0. The lowest BCUT2D eigenvalue weighted by atomic mass is 10.1. The Balaban J connectivity index is 2.59. The van der Waals surface area contributed by atoms with Gasteiger partial charge in [-0.2, -0.15) is 8.42 Å². The number of aldehydes is 1. The molecule has 0 aliphatic rings. The molecule has 0 radical (unpaired) electrons. The first-order valence-electron chi connectivity index (χ1n) is 4.96. The van der Waals surface area contributed by atoms with Crippen molar-refractivity contribution in [1.29, 1.82) is 0 Å². The first kappa shape index (κ1) is 11.8. The van der Waals surface area contributed by atoms with Crippen LogP contribution in [0.3, 0.4) is 0 Å². The van der Waals surface area contributed by atoms with Crippen LogP contribution < -0.4 is 0 Å². The Hall–Kier alpha value is -1.72. The van der Waals surface area contributed by atoms with Gasteiger partial charge in [-0.15, -0.1) is 0 Å². The van der Waals surface area contributed by atoms with Crippen molar-refractivity contribution >= 4 is 27.2 Å². The molecule has 0 aliphatic heterocycles. The van der Waals surface area contributed by atoms with Crippen molar-refractivity contribution in [3.63, 3.8) is 0 Å². The van der Waals surface area contributed by atoms with Gasteiger partial charge in [-0.1, -0.05) is 36.4 Å². The molecule has 0 spiro atoms. The number of carbonyl (C=O) groups excluding carboxylic acids is 1. The van der Waals surface area contributed by atoms with Crippen molar-refractivity contribution in [2.24, 2.45) is 0 Å². The highest BCUT2D eigenvalue weighted by atomic mass is 32.2. The number of hydrogen-bond donors (Lipinski definition) is 0. The molecule has 5 heteroatoms. The second-order valence-corrected chi connectivity index (χ2v) is 4.97. The van der Waals surface area contributed by atoms with Crippen molar-refractivity contribution in [1.82, 2.24) is 0 Å². The highest BCUT2D eigenvalue weighted by Gasteiger charge is 2.17. The van der Waals surface area contributed by atoms with Crippen LogP contribution >= 0.6 is 0 Å². The highest BCUT2D eigenvalue weighted by molar-refractivity contribution is 7.87. The zero-order valence-corrected chi connectivity index (χ0v) is 9.68. The number of fused-ring (bicyclic) bond motifs is 1. The summed E-state index contributed by atoms with van der Waals surface area (Å²) in [6.07, 6.45) is 0.405. The molecule has 0 atom stereocenters. The van der Waals surface area contributed by atoms with Gasteiger partial charge in [0.15, 0.2) is 0 Å². The average molecular weight is 250 g/mol. The van der Waals surface area contributed by atoms with Gasteiger partial charge in [0.1, 0.15) is 17.8 Å². The van der Waals surface area contributed by atoms with Crippen molar-refractivity contribution in [2.45, 2.75) is 4.90 Å². The molecule has 0 unspecified atom stereocenters. The fraction of sp³-hybridized carbons (Fsp3) is 0.0833. The summed E-state index contributed by atoms with van der Waals surface area (Å²) < 4.78 is 28.2. The van der Waals surface area contributed by atoms with E-state index in [1.165, 1.54) is 6.07 Å². The number of hydrogen-bond acceptors (Lipinski definition) is 4. The van der Waals surface area contributed by atoms with Crippen LogP contribution in [0, 0.1) is 0 Å². The highest BCUT2D eigenvalue weighted by Crippen LogP contribution is 2.23. The first-order chi connectivity index (χ1) is 8.15. The minimum atomic E-state index is -3.88. The fourth-order valence-electron chi connectivity index (χ4n) is 1.59. The smallest absolute Gasteiger partial charge is 0.298 e. The summed E-state index contributed by atoms with van der Waals surface area (Å²) in [5.74, 6) is 0. The molecule has 88 valence electrons. The molecule has 0 bridgehead atoms. The van der Waals surface area contributed by atoms with Gasteiger partial charge in [0.25, 0.3) is 10.1 Å². The van der Waals surface area contributed by atoms with Crippen molar-refractivity contribution in [3.8, 4) is 0 Å². The van der Waals surface area contributed by atoms with E-state index < -0.39 is 16.7 Å². The van der Waals surface area contributed by atoms with E-state index >= 15 is 0 Å². The zero-order valence-electron chi connectivity index (χ0n) is 8.87. The van der Waals surface area contributed by atoms with Crippen LogP contribution in [-0.2, 0) is 19.1 Å². The third-order valence-corrected chi connectivity index (χ3v) is 3.65. The minimum absolute atomic E-state index is 0.0810. The summed E-state index contributed by atoms with van der Waals surface area (Å²) in [4.78, 5) is 10.2. The van der Waals surface area contributed by atoms with E-state index in [4.69, 9.17) is 0 Å². The molecule has 0 saturated carbocycles. The second kappa shape index (κ2) is 4.65. The number of rotatable bonds is 4. The summed E-state index contributed by atoms with van der Waals surface area (Å²) in [5.41, 5.74) is 0. The molecule has 0 heterocycles. The van der Waals surface area contributed by atoms with Crippen LogP contribution in [0.1, 0.15) is 0 Å². The topological polar surface area (TPSA) is 60.4 Å². The number of carbonyl (C=O) groups is 1. The van der Waals surface area contributed by atoms with Crippen LogP contribution in [0.4, 0.5) is 0 Å². The lowest BCUT2D eigenvalue weighted by Crippen LogP contribution is -2.08. The van der Waals surface area contributed by atoms with Gasteiger partial charge in [-0.05, 0) is 11.5 Å². The average Bonchev–Trinajstić information content (AvgIpc) is 2.36. The Morgan fingerprint density at radius 1 is 1.06 bits per heavy atom. The van der Waals surface area contributed by atoms with E-state index in [-0.39, 0.29) is 4.90 Å². The van der Waals surface area contributed by atoms with Crippen LogP contribution in [-0.4, -0.2) is 21.3 Å². The molecule has 0 fully saturated rings. The Labute approximate surface area is 99.0 Å².